The van der Waals surface area contributed by atoms with Gasteiger partial charge in [-0.25, -0.2) is 0 Å². The topological polar surface area (TPSA) is 95.5 Å². The van der Waals surface area contributed by atoms with Gasteiger partial charge in [-0.3, -0.25) is 14.9 Å². The van der Waals surface area contributed by atoms with Crippen molar-refractivity contribution < 1.29 is 19.0 Å². The molecule has 1 fully saturated rings. The second-order valence-corrected chi connectivity index (χ2v) is 3.28. The van der Waals surface area contributed by atoms with Gasteiger partial charge in [0, 0.05) is 17.4 Å². The third-order valence-corrected chi connectivity index (χ3v) is 2.18. The molecule has 2 unspecified atom stereocenters. The zero-order chi connectivity index (χ0) is 10.8. The van der Waals surface area contributed by atoms with Gasteiger partial charge >= 0.3 is 5.97 Å². The number of nitro groups is 1. The highest BCUT2D eigenvalue weighted by atomic mass is 16.6. The average Bonchev–Trinajstić information content (AvgIpc) is 2.85. The lowest BCUT2D eigenvalue weighted by atomic mass is 10.4. The largest absolute Gasteiger partial charge is 0.457 e. The summed E-state index contributed by atoms with van der Waals surface area (Å²) in [5, 5.41) is 13.7. The quantitative estimate of drug-likeness (QED) is 0.406. The van der Waals surface area contributed by atoms with Crippen LogP contribution in [0.15, 0.2) is 16.8 Å². The monoisotopic (exact) mass is 212 g/mol. The summed E-state index contributed by atoms with van der Waals surface area (Å²) in [6.45, 7) is -0.0280. The number of hydrogen-bond acceptors (Lipinski definition) is 6. The number of aromatic nitrogens is 1. The van der Waals surface area contributed by atoms with Crippen molar-refractivity contribution in [2.45, 2.75) is 19.1 Å². The van der Waals surface area contributed by atoms with Crippen LogP contribution in [0.3, 0.4) is 0 Å². The molecule has 1 heterocycles. The Morgan fingerprint density at radius 1 is 1.80 bits per heavy atom. The van der Waals surface area contributed by atoms with Gasteiger partial charge in [-0.2, -0.15) is 0 Å². The lowest BCUT2D eigenvalue weighted by Crippen LogP contribution is -2.13. The number of carbonyl (C=O) groups excluding carboxylic acids is 1. The smallest absolute Gasteiger partial charge is 0.316 e. The van der Waals surface area contributed by atoms with Gasteiger partial charge in [0.2, 0.25) is 6.04 Å². The van der Waals surface area contributed by atoms with Crippen molar-refractivity contribution in [1.82, 2.24) is 5.16 Å². The molecule has 1 aliphatic carbocycles. The van der Waals surface area contributed by atoms with Crippen molar-refractivity contribution in [2.75, 3.05) is 0 Å². The van der Waals surface area contributed by atoms with Crippen LogP contribution >= 0.6 is 0 Å². The molecule has 0 amide bonds. The number of ether oxygens (including phenoxy) is 1. The second kappa shape index (κ2) is 3.68. The highest BCUT2D eigenvalue weighted by Crippen LogP contribution is 2.34. The first-order valence-corrected chi connectivity index (χ1v) is 4.38. The summed E-state index contributed by atoms with van der Waals surface area (Å²) in [6, 6.07) is 0.790. The predicted molar refractivity (Wildman–Crippen MR) is 45.2 cm³/mol. The van der Waals surface area contributed by atoms with Crippen molar-refractivity contribution in [1.29, 1.82) is 0 Å². The predicted octanol–water partition coefficient (Wildman–Crippen LogP) is 0.383. The van der Waals surface area contributed by atoms with E-state index in [1.165, 1.54) is 6.20 Å². The minimum atomic E-state index is -0.771. The summed E-state index contributed by atoms with van der Waals surface area (Å²) in [7, 11) is 0. The highest BCUT2D eigenvalue weighted by molar-refractivity contribution is 5.76. The maximum absolute atomic E-state index is 11.2. The normalized spacial score (nSPS) is 23.5. The van der Waals surface area contributed by atoms with Crippen LogP contribution in [0.25, 0.3) is 0 Å². The van der Waals surface area contributed by atoms with E-state index in [9.17, 15) is 14.9 Å². The molecule has 1 aliphatic rings. The fraction of sp³-hybridized carbons (Fsp3) is 0.500. The molecule has 7 heteroatoms. The molecule has 0 aromatic carbocycles. The Morgan fingerprint density at radius 3 is 3.13 bits per heavy atom. The SMILES string of the molecule is O=C(OCc1ccno1)C1CC1[N+](=O)[O-]. The highest BCUT2D eigenvalue weighted by Gasteiger charge is 2.54. The first kappa shape index (κ1) is 9.63. The minimum absolute atomic E-state index is 0.0280. The van der Waals surface area contributed by atoms with Gasteiger partial charge in [0.25, 0.3) is 0 Å². The molecule has 2 atom stereocenters. The molecular formula is C8H8N2O5. The Labute approximate surface area is 84.1 Å². The van der Waals surface area contributed by atoms with E-state index >= 15 is 0 Å². The summed E-state index contributed by atoms with van der Waals surface area (Å²) in [4.78, 5) is 21.0. The third-order valence-electron chi connectivity index (χ3n) is 2.18. The van der Waals surface area contributed by atoms with E-state index in [0.29, 0.717) is 5.76 Å². The van der Waals surface area contributed by atoms with E-state index in [1.54, 1.807) is 6.07 Å². The molecule has 1 saturated carbocycles. The van der Waals surface area contributed by atoms with E-state index in [0.717, 1.165) is 0 Å². The van der Waals surface area contributed by atoms with Gasteiger partial charge in [-0.15, -0.1) is 0 Å². The molecule has 15 heavy (non-hydrogen) atoms. The standard InChI is InChI=1S/C8H8N2O5/c11-8(6-3-7(6)10(12)13)14-4-5-1-2-9-15-5/h1-2,6-7H,3-4H2. The Balaban J connectivity index is 1.77. The van der Waals surface area contributed by atoms with E-state index in [1.807, 2.05) is 0 Å². The Kier molecular flexibility index (Phi) is 2.36. The zero-order valence-corrected chi connectivity index (χ0v) is 7.66. The number of hydrogen-bond donors (Lipinski definition) is 0. The van der Waals surface area contributed by atoms with Gasteiger partial charge in [0.15, 0.2) is 12.4 Å². The van der Waals surface area contributed by atoms with Gasteiger partial charge in [0.05, 0.1) is 6.20 Å². The molecule has 0 radical (unpaired) electrons. The van der Waals surface area contributed by atoms with Gasteiger partial charge in [-0.05, 0) is 0 Å². The molecule has 0 bridgehead atoms. The molecule has 2 rings (SSSR count). The van der Waals surface area contributed by atoms with Crippen molar-refractivity contribution in [3.8, 4) is 0 Å². The van der Waals surface area contributed by atoms with Crippen LogP contribution in [0.5, 0.6) is 0 Å². The van der Waals surface area contributed by atoms with Gasteiger partial charge in [-0.1, -0.05) is 5.16 Å². The lowest BCUT2D eigenvalue weighted by molar-refractivity contribution is -0.497. The fourth-order valence-corrected chi connectivity index (χ4v) is 1.23. The molecule has 0 spiro atoms. The molecule has 80 valence electrons. The van der Waals surface area contributed by atoms with Crippen LogP contribution in [0.1, 0.15) is 12.2 Å². The zero-order valence-electron chi connectivity index (χ0n) is 7.66. The average molecular weight is 212 g/mol. The van der Waals surface area contributed by atoms with Crippen molar-refractivity contribution in [2.24, 2.45) is 5.92 Å². The summed E-state index contributed by atoms with van der Waals surface area (Å²) >= 11 is 0. The molecule has 0 aliphatic heterocycles. The molecule has 1 aromatic heterocycles. The lowest BCUT2D eigenvalue weighted by Gasteiger charge is -1.99. The Hall–Kier alpha value is -1.92. The number of esters is 1. The summed E-state index contributed by atoms with van der Waals surface area (Å²) in [5.41, 5.74) is 0. The van der Waals surface area contributed by atoms with E-state index in [-0.39, 0.29) is 13.0 Å². The third kappa shape index (κ3) is 2.12. The first-order chi connectivity index (χ1) is 7.18. The number of carbonyl (C=O) groups is 1. The molecule has 1 aromatic rings. The van der Waals surface area contributed by atoms with Gasteiger partial charge < -0.3 is 9.26 Å². The molecule has 0 saturated heterocycles. The van der Waals surface area contributed by atoms with Gasteiger partial charge in [0.1, 0.15) is 5.92 Å². The maximum atomic E-state index is 11.2. The van der Waals surface area contributed by atoms with Crippen LogP contribution in [0.4, 0.5) is 0 Å². The maximum Gasteiger partial charge on any atom is 0.316 e. The fourth-order valence-electron chi connectivity index (χ4n) is 1.23. The van der Waals surface area contributed by atoms with E-state index in [4.69, 9.17) is 9.26 Å². The molecular weight excluding hydrogens is 204 g/mol. The number of rotatable bonds is 4. The van der Waals surface area contributed by atoms with Crippen LogP contribution in [0.2, 0.25) is 0 Å². The van der Waals surface area contributed by atoms with Crippen LogP contribution in [0, 0.1) is 16.0 Å². The van der Waals surface area contributed by atoms with E-state index < -0.39 is 22.9 Å². The summed E-state index contributed by atoms with van der Waals surface area (Å²) < 4.78 is 9.51. The first-order valence-electron chi connectivity index (χ1n) is 4.38. The second-order valence-electron chi connectivity index (χ2n) is 3.28. The van der Waals surface area contributed by atoms with Crippen LogP contribution < -0.4 is 0 Å². The van der Waals surface area contributed by atoms with Crippen molar-refractivity contribution >= 4 is 5.97 Å². The number of nitrogens with zero attached hydrogens (tertiary/aromatic N) is 2. The van der Waals surface area contributed by atoms with Crippen LogP contribution in [-0.2, 0) is 16.1 Å². The van der Waals surface area contributed by atoms with Crippen LogP contribution in [-0.4, -0.2) is 22.1 Å². The van der Waals surface area contributed by atoms with Crippen molar-refractivity contribution in [3.05, 3.63) is 28.1 Å². The minimum Gasteiger partial charge on any atom is -0.457 e. The summed E-state index contributed by atoms with van der Waals surface area (Å²) in [6.07, 6.45) is 1.70. The Morgan fingerprint density at radius 2 is 2.60 bits per heavy atom. The van der Waals surface area contributed by atoms with Crippen molar-refractivity contribution in [3.63, 3.8) is 0 Å². The molecule has 7 nitrogen and oxygen atoms in total. The summed E-state index contributed by atoms with van der Waals surface area (Å²) in [5.74, 6) is -0.724. The molecule has 0 N–H and O–H groups in total. The van der Waals surface area contributed by atoms with E-state index in [2.05, 4.69) is 5.16 Å². The Bertz CT molecular complexity index is 374.